The topological polar surface area (TPSA) is 41.0 Å². The summed E-state index contributed by atoms with van der Waals surface area (Å²) in [5.41, 5.74) is 1.07. The van der Waals surface area contributed by atoms with Crippen LogP contribution in [-0.2, 0) is 6.42 Å². The van der Waals surface area contributed by atoms with Crippen LogP contribution in [0, 0.1) is 0 Å². The van der Waals surface area contributed by atoms with E-state index in [2.05, 4.69) is 48.1 Å². The summed E-state index contributed by atoms with van der Waals surface area (Å²) in [7, 11) is 4.15. The van der Waals surface area contributed by atoms with Gasteiger partial charge in [0.25, 0.3) is 0 Å². The van der Waals surface area contributed by atoms with Crippen LogP contribution in [0.2, 0.25) is 0 Å². The molecule has 0 aliphatic heterocycles. The van der Waals surface area contributed by atoms with Crippen LogP contribution in [-0.4, -0.2) is 41.5 Å². The van der Waals surface area contributed by atoms with E-state index in [0.29, 0.717) is 6.04 Å². The summed E-state index contributed by atoms with van der Waals surface area (Å²) in [5.74, 6) is 0.913. The van der Waals surface area contributed by atoms with Gasteiger partial charge in [-0.1, -0.05) is 6.92 Å². The quantitative estimate of drug-likeness (QED) is 0.794. The molecule has 0 aliphatic carbocycles. The van der Waals surface area contributed by atoms with Gasteiger partial charge in [-0.2, -0.15) is 0 Å². The van der Waals surface area contributed by atoms with Gasteiger partial charge in [0.15, 0.2) is 0 Å². The third-order valence-corrected chi connectivity index (χ3v) is 2.55. The van der Waals surface area contributed by atoms with Gasteiger partial charge in [0.1, 0.15) is 12.1 Å². The second kappa shape index (κ2) is 5.66. The molecule has 0 aliphatic rings. The van der Waals surface area contributed by atoms with Crippen molar-refractivity contribution >= 4 is 5.82 Å². The maximum atomic E-state index is 4.18. The number of hydrogen-bond acceptors (Lipinski definition) is 4. The van der Waals surface area contributed by atoms with E-state index in [-0.39, 0.29) is 0 Å². The Morgan fingerprint density at radius 1 is 1.40 bits per heavy atom. The van der Waals surface area contributed by atoms with Gasteiger partial charge >= 0.3 is 0 Å². The Balaban J connectivity index is 2.50. The van der Waals surface area contributed by atoms with Crippen LogP contribution in [0.5, 0.6) is 0 Å². The first-order chi connectivity index (χ1) is 7.13. The van der Waals surface area contributed by atoms with Crippen LogP contribution < -0.4 is 5.32 Å². The van der Waals surface area contributed by atoms with Crippen LogP contribution in [0.15, 0.2) is 12.4 Å². The summed E-state index contributed by atoms with van der Waals surface area (Å²) < 4.78 is 0. The molecule has 1 rings (SSSR count). The lowest BCUT2D eigenvalue weighted by atomic mass is 10.3. The zero-order chi connectivity index (χ0) is 11.3. The van der Waals surface area contributed by atoms with Gasteiger partial charge < -0.3 is 10.2 Å². The van der Waals surface area contributed by atoms with Gasteiger partial charge in [-0.15, -0.1) is 0 Å². The predicted octanol–water partition coefficient (Wildman–Crippen LogP) is 1.40. The van der Waals surface area contributed by atoms with E-state index in [4.69, 9.17) is 0 Å². The molecule has 0 saturated heterocycles. The molecule has 0 radical (unpaired) electrons. The van der Waals surface area contributed by atoms with E-state index in [1.54, 1.807) is 6.33 Å². The first-order valence-corrected chi connectivity index (χ1v) is 5.34. The number of likely N-dealkylation sites (N-methyl/N-ethyl adjacent to an activating group) is 1. The van der Waals surface area contributed by atoms with E-state index in [9.17, 15) is 0 Å². The SMILES string of the molecule is CCc1cc(NCC(C)N(C)C)ncn1. The van der Waals surface area contributed by atoms with Crippen molar-refractivity contribution in [1.82, 2.24) is 14.9 Å². The molecule has 4 heteroatoms. The van der Waals surface area contributed by atoms with Crippen molar-refractivity contribution in [2.75, 3.05) is 26.0 Å². The Labute approximate surface area is 91.7 Å². The van der Waals surface area contributed by atoms with Gasteiger partial charge in [-0.25, -0.2) is 9.97 Å². The minimum Gasteiger partial charge on any atom is -0.368 e. The van der Waals surface area contributed by atoms with Crippen molar-refractivity contribution in [3.8, 4) is 0 Å². The summed E-state index contributed by atoms with van der Waals surface area (Å²) in [6, 6.07) is 2.49. The van der Waals surface area contributed by atoms with Gasteiger partial charge in [0.2, 0.25) is 0 Å². The predicted molar refractivity (Wildman–Crippen MR) is 63.0 cm³/mol. The molecule has 1 aromatic rings. The van der Waals surface area contributed by atoms with Crippen molar-refractivity contribution in [2.24, 2.45) is 0 Å². The summed E-state index contributed by atoms with van der Waals surface area (Å²) in [5, 5.41) is 3.31. The normalized spacial score (nSPS) is 12.9. The molecule has 1 N–H and O–H groups in total. The van der Waals surface area contributed by atoms with Crippen LogP contribution in [0.4, 0.5) is 5.82 Å². The molecule has 15 heavy (non-hydrogen) atoms. The molecule has 1 heterocycles. The first kappa shape index (κ1) is 11.9. The summed E-state index contributed by atoms with van der Waals surface area (Å²) >= 11 is 0. The number of aryl methyl sites for hydroxylation is 1. The molecule has 1 aromatic heterocycles. The highest BCUT2D eigenvalue weighted by molar-refractivity contribution is 5.34. The molecule has 4 nitrogen and oxygen atoms in total. The second-order valence-corrected chi connectivity index (χ2v) is 3.94. The molecule has 84 valence electrons. The fraction of sp³-hybridized carbons (Fsp3) is 0.636. The summed E-state index contributed by atoms with van der Waals surface area (Å²) in [6.45, 7) is 5.16. The highest BCUT2D eigenvalue weighted by Gasteiger charge is 2.04. The third-order valence-electron chi connectivity index (χ3n) is 2.55. The summed E-state index contributed by atoms with van der Waals surface area (Å²) in [4.78, 5) is 10.5. The molecule has 1 unspecified atom stereocenters. The van der Waals surface area contributed by atoms with Crippen molar-refractivity contribution in [2.45, 2.75) is 26.3 Å². The fourth-order valence-corrected chi connectivity index (χ4v) is 1.12. The van der Waals surface area contributed by atoms with E-state index in [1.165, 1.54) is 0 Å². The molecule has 0 amide bonds. The Bertz CT molecular complexity index is 298. The Morgan fingerprint density at radius 3 is 2.73 bits per heavy atom. The highest BCUT2D eigenvalue weighted by Crippen LogP contribution is 2.04. The number of rotatable bonds is 5. The van der Waals surface area contributed by atoms with E-state index >= 15 is 0 Å². The lowest BCUT2D eigenvalue weighted by Gasteiger charge is -2.20. The maximum absolute atomic E-state index is 4.18. The Morgan fingerprint density at radius 2 is 2.13 bits per heavy atom. The zero-order valence-corrected chi connectivity index (χ0v) is 9.99. The molecular weight excluding hydrogens is 188 g/mol. The number of aromatic nitrogens is 2. The molecule has 0 saturated carbocycles. The second-order valence-electron chi connectivity index (χ2n) is 3.94. The third kappa shape index (κ3) is 3.83. The van der Waals surface area contributed by atoms with E-state index in [1.807, 2.05) is 6.07 Å². The minimum absolute atomic E-state index is 0.491. The number of nitrogens with zero attached hydrogens (tertiary/aromatic N) is 3. The van der Waals surface area contributed by atoms with E-state index < -0.39 is 0 Å². The van der Waals surface area contributed by atoms with Gasteiger partial charge in [0, 0.05) is 24.3 Å². The summed E-state index contributed by atoms with van der Waals surface area (Å²) in [6.07, 6.45) is 2.56. The monoisotopic (exact) mass is 208 g/mol. The highest BCUT2D eigenvalue weighted by atomic mass is 15.1. The number of anilines is 1. The van der Waals surface area contributed by atoms with Crippen molar-refractivity contribution < 1.29 is 0 Å². The molecule has 0 aromatic carbocycles. The van der Waals surface area contributed by atoms with E-state index in [0.717, 1.165) is 24.5 Å². The van der Waals surface area contributed by atoms with Crippen molar-refractivity contribution in [3.63, 3.8) is 0 Å². The number of hydrogen-bond donors (Lipinski definition) is 1. The standard InChI is InChI=1S/C11H20N4/c1-5-10-6-11(14-8-13-10)12-7-9(2)15(3)4/h6,8-9H,5,7H2,1-4H3,(H,12,13,14). The van der Waals surface area contributed by atoms with Crippen LogP contribution in [0.3, 0.4) is 0 Å². The van der Waals surface area contributed by atoms with Crippen LogP contribution in [0.1, 0.15) is 19.5 Å². The van der Waals surface area contributed by atoms with Gasteiger partial charge in [-0.05, 0) is 27.4 Å². The first-order valence-electron chi connectivity index (χ1n) is 5.34. The van der Waals surface area contributed by atoms with Gasteiger partial charge in [-0.3, -0.25) is 0 Å². The Kier molecular flexibility index (Phi) is 4.49. The van der Waals surface area contributed by atoms with Gasteiger partial charge in [0.05, 0.1) is 0 Å². The fourth-order valence-electron chi connectivity index (χ4n) is 1.12. The van der Waals surface area contributed by atoms with Crippen LogP contribution in [0.25, 0.3) is 0 Å². The van der Waals surface area contributed by atoms with Crippen molar-refractivity contribution in [3.05, 3.63) is 18.1 Å². The largest absolute Gasteiger partial charge is 0.368 e. The molecule has 0 bridgehead atoms. The zero-order valence-electron chi connectivity index (χ0n) is 9.99. The van der Waals surface area contributed by atoms with Crippen LogP contribution >= 0.6 is 0 Å². The minimum atomic E-state index is 0.491. The lowest BCUT2D eigenvalue weighted by Crippen LogP contribution is -2.31. The lowest BCUT2D eigenvalue weighted by molar-refractivity contribution is 0.326. The molecule has 0 fully saturated rings. The smallest absolute Gasteiger partial charge is 0.129 e. The molecule has 0 spiro atoms. The Hall–Kier alpha value is -1.16. The molecule has 1 atom stereocenters. The van der Waals surface area contributed by atoms with Crippen molar-refractivity contribution in [1.29, 1.82) is 0 Å². The number of nitrogens with one attached hydrogen (secondary N) is 1. The molecular formula is C11H20N4. The average Bonchev–Trinajstić information content (AvgIpc) is 2.26. The maximum Gasteiger partial charge on any atom is 0.129 e. The average molecular weight is 208 g/mol.